The summed E-state index contributed by atoms with van der Waals surface area (Å²) in [5, 5.41) is 1.95. The molecule has 2 aromatic heterocycles. The molecule has 0 fully saturated rings. The van der Waals surface area contributed by atoms with Crippen molar-refractivity contribution in [2.24, 2.45) is 0 Å². The number of thiazole rings is 1. The summed E-state index contributed by atoms with van der Waals surface area (Å²) in [5.74, 6) is -0.250. The highest BCUT2D eigenvalue weighted by Gasteiger charge is 2.30. The monoisotopic (exact) mass is 484 g/mol. The molecule has 8 nitrogen and oxygen atoms in total. The first-order valence-electron chi connectivity index (χ1n) is 10.7. The van der Waals surface area contributed by atoms with E-state index in [1.54, 1.807) is 6.07 Å². The van der Waals surface area contributed by atoms with Gasteiger partial charge >= 0.3 is 6.09 Å². The van der Waals surface area contributed by atoms with Crippen LogP contribution in [0.4, 0.5) is 9.93 Å². The van der Waals surface area contributed by atoms with Gasteiger partial charge in [0.05, 0.1) is 35.5 Å². The average Bonchev–Trinajstić information content (AvgIpc) is 3.34. The first kappa shape index (κ1) is 22.3. The molecule has 0 atom stereocenters. The molecule has 3 aromatic carbocycles. The molecule has 0 unspecified atom stereocenters. The van der Waals surface area contributed by atoms with Gasteiger partial charge in [-0.15, -0.1) is 0 Å². The van der Waals surface area contributed by atoms with Gasteiger partial charge in [0.25, 0.3) is 5.91 Å². The zero-order valence-corrected chi connectivity index (χ0v) is 19.7. The first-order valence-corrected chi connectivity index (χ1v) is 11.5. The Hall–Kier alpha value is -4.50. The Morgan fingerprint density at radius 1 is 0.857 bits per heavy atom. The Kier molecular flexibility index (Phi) is 5.99. The maximum absolute atomic E-state index is 14.2. The number of methoxy groups -OCH3 is 2. The van der Waals surface area contributed by atoms with E-state index in [0.717, 1.165) is 15.3 Å². The van der Waals surface area contributed by atoms with Crippen molar-refractivity contribution in [2.75, 3.05) is 19.2 Å². The minimum Gasteiger partial charge on any atom is -0.494 e. The lowest BCUT2D eigenvalue weighted by molar-refractivity contribution is 0.0963. The molecule has 2 amide bonds. The number of rotatable bonds is 4. The standard InChI is InChI=1S/C26H20N4O4S/c1-33-23-21(17-12-6-7-13-18(17)27-22(23)16-10-4-3-5-11-16)24(31)30(29-26(32)34-2)25-28-19-14-8-9-15-20(19)35-25/h3-15H,1-2H3,(H,29,32). The Morgan fingerprint density at radius 2 is 1.54 bits per heavy atom. The molecule has 0 radical (unpaired) electrons. The lowest BCUT2D eigenvalue weighted by Gasteiger charge is -2.22. The third-order valence-corrected chi connectivity index (χ3v) is 6.40. The van der Waals surface area contributed by atoms with Crippen LogP contribution in [0, 0.1) is 0 Å². The van der Waals surface area contributed by atoms with Gasteiger partial charge in [0.2, 0.25) is 5.13 Å². The van der Waals surface area contributed by atoms with Crippen LogP contribution in [0.15, 0.2) is 78.9 Å². The van der Waals surface area contributed by atoms with Crippen molar-refractivity contribution in [3.8, 4) is 17.0 Å². The van der Waals surface area contributed by atoms with Gasteiger partial charge in [-0.05, 0) is 18.2 Å². The topological polar surface area (TPSA) is 93.7 Å². The van der Waals surface area contributed by atoms with Gasteiger partial charge in [0.1, 0.15) is 5.69 Å². The second kappa shape index (κ2) is 9.40. The Morgan fingerprint density at radius 3 is 2.26 bits per heavy atom. The van der Waals surface area contributed by atoms with Crippen molar-refractivity contribution in [2.45, 2.75) is 0 Å². The van der Waals surface area contributed by atoms with Crippen LogP contribution in [0.25, 0.3) is 32.4 Å². The van der Waals surface area contributed by atoms with Gasteiger partial charge < -0.3 is 9.47 Å². The number of nitrogens with one attached hydrogen (secondary N) is 1. The molecule has 9 heteroatoms. The molecular formula is C26H20N4O4S. The number of carbonyl (C=O) groups is 2. The third-order valence-electron chi connectivity index (χ3n) is 5.38. The summed E-state index contributed by atoms with van der Waals surface area (Å²) in [5.41, 5.74) is 5.37. The van der Waals surface area contributed by atoms with Crippen molar-refractivity contribution in [3.05, 3.63) is 84.4 Å². The maximum Gasteiger partial charge on any atom is 0.426 e. The summed E-state index contributed by atoms with van der Waals surface area (Å²) in [6.07, 6.45) is -0.807. The Labute approximate surface area is 204 Å². The predicted octanol–water partition coefficient (Wildman–Crippen LogP) is 5.44. The number of fused-ring (bicyclic) bond motifs is 2. The highest BCUT2D eigenvalue weighted by Crippen LogP contribution is 2.38. The van der Waals surface area contributed by atoms with E-state index in [1.165, 1.54) is 25.6 Å². The normalized spacial score (nSPS) is 10.8. The summed E-state index contributed by atoms with van der Waals surface area (Å²) < 4.78 is 11.4. The summed E-state index contributed by atoms with van der Waals surface area (Å²) in [4.78, 5) is 35.8. The van der Waals surface area contributed by atoms with E-state index in [4.69, 9.17) is 14.5 Å². The van der Waals surface area contributed by atoms with Gasteiger partial charge in [-0.3, -0.25) is 4.79 Å². The molecular weight excluding hydrogens is 464 g/mol. The summed E-state index contributed by atoms with van der Waals surface area (Å²) in [6.45, 7) is 0. The zero-order valence-electron chi connectivity index (χ0n) is 18.9. The number of hydrazine groups is 1. The van der Waals surface area contributed by atoms with Crippen LogP contribution in [0.2, 0.25) is 0 Å². The summed E-state index contributed by atoms with van der Waals surface area (Å²) >= 11 is 1.27. The van der Waals surface area contributed by atoms with Crippen LogP contribution in [0.5, 0.6) is 5.75 Å². The first-order chi connectivity index (χ1) is 17.1. The Bertz CT molecular complexity index is 1520. The number of amides is 2. The molecule has 0 saturated carbocycles. The largest absolute Gasteiger partial charge is 0.494 e. The van der Waals surface area contributed by atoms with E-state index in [1.807, 2.05) is 72.8 Å². The van der Waals surface area contributed by atoms with Crippen LogP contribution in [0.1, 0.15) is 10.4 Å². The van der Waals surface area contributed by atoms with Crippen molar-refractivity contribution in [1.29, 1.82) is 0 Å². The van der Waals surface area contributed by atoms with E-state index in [0.29, 0.717) is 22.1 Å². The number of ether oxygens (including phenoxy) is 2. The SMILES string of the molecule is COC(=O)NN(C(=O)c1c(OC)c(-c2ccccc2)nc2ccccc12)c1nc2ccccc2s1. The zero-order chi connectivity index (χ0) is 24.4. The lowest BCUT2D eigenvalue weighted by atomic mass is 10.0. The molecule has 35 heavy (non-hydrogen) atoms. The number of para-hydroxylation sites is 2. The van der Waals surface area contributed by atoms with E-state index in [2.05, 4.69) is 10.4 Å². The highest BCUT2D eigenvalue weighted by atomic mass is 32.1. The number of aromatic nitrogens is 2. The van der Waals surface area contributed by atoms with Gasteiger partial charge in [-0.2, -0.15) is 5.01 Å². The molecule has 5 aromatic rings. The fourth-order valence-corrected chi connectivity index (χ4v) is 4.71. The maximum atomic E-state index is 14.2. The molecule has 0 bridgehead atoms. The average molecular weight is 485 g/mol. The molecule has 0 aliphatic heterocycles. The van der Waals surface area contributed by atoms with Crippen LogP contribution in [-0.4, -0.2) is 36.2 Å². The molecule has 1 N–H and O–H groups in total. The van der Waals surface area contributed by atoms with Crippen molar-refractivity contribution in [1.82, 2.24) is 15.4 Å². The van der Waals surface area contributed by atoms with E-state index >= 15 is 0 Å². The molecule has 174 valence electrons. The van der Waals surface area contributed by atoms with E-state index in [-0.39, 0.29) is 16.4 Å². The molecule has 0 aliphatic carbocycles. The number of nitrogens with zero attached hydrogens (tertiary/aromatic N) is 3. The molecule has 5 rings (SSSR count). The van der Waals surface area contributed by atoms with E-state index in [9.17, 15) is 9.59 Å². The summed E-state index contributed by atoms with van der Waals surface area (Å²) in [6, 6.07) is 24.2. The van der Waals surface area contributed by atoms with Crippen LogP contribution in [-0.2, 0) is 4.74 Å². The van der Waals surface area contributed by atoms with Crippen molar-refractivity contribution < 1.29 is 19.1 Å². The number of benzene rings is 3. The third kappa shape index (κ3) is 4.13. The number of anilines is 1. The second-order valence-corrected chi connectivity index (χ2v) is 8.47. The minimum absolute atomic E-state index is 0.243. The van der Waals surface area contributed by atoms with Gasteiger partial charge in [-0.1, -0.05) is 72.0 Å². The van der Waals surface area contributed by atoms with E-state index < -0.39 is 12.0 Å². The molecule has 2 heterocycles. The van der Waals surface area contributed by atoms with Gasteiger partial charge in [0.15, 0.2) is 5.75 Å². The fraction of sp³-hybridized carbons (Fsp3) is 0.0769. The molecule has 0 aliphatic rings. The summed E-state index contributed by atoms with van der Waals surface area (Å²) in [7, 11) is 2.72. The Balaban J connectivity index is 1.74. The smallest absolute Gasteiger partial charge is 0.426 e. The van der Waals surface area contributed by atoms with Crippen LogP contribution >= 0.6 is 11.3 Å². The second-order valence-electron chi connectivity index (χ2n) is 7.46. The van der Waals surface area contributed by atoms with Crippen molar-refractivity contribution in [3.63, 3.8) is 0 Å². The van der Waals surface area contributed by atoms with Gasteiger partial charge in [-0.25, -0.2) is 20.2 Å². The van der Waals surface area contributed by atoms with Crippen LogP contribution in [0.3, 0.4) is 0 Å². The fourth-order valence-electron chi connectivity index (χ4n) is 3.79. The van der Waals surface area contributed by atoms with Crippen LogP contribution < -0.4 is 15.2 Å². The van der Waals surface area contributed by atoms with Crippen molar-refractivity contribution >= 4 is 49.6 Å². The lowest BCUT2D eigenvalue weighted by Crippen LogP contribution is -2.46. The number of hydrogen-bond acceptors (Lipinski definition) is 7. The highest BCUT2D eigenvalue weighted by molar-refractivity contribution is 7.22. The quantitative estimate of drug-likeness (QED) is 0.342. The predicted molar refractivity (Wildman–Crippen MR) is 136 cm³/mol. The molecule has 0 spiro atoms. The minimum atomic E-state index is -0.807. The number of hydrogen-bond donors (Lipinski definition) is 1. The molecule has 0 saturated heterocycles. The van der Waals surface area contributed by atoms with Gasteiger partial charge in [0, 0.05) is 10.9 Å². The number of carbonyl (C=O) groups excluding carboxylic acids is 2. The number of pyridine rings is 1.